The zero-order valence-corrected chi connectivity index (χ0v) is 15.7. The van der Waals surface area contributed by atoms with E-state index in [2.05, 4.69) is 6.07 Å². The van der Waals surface area contributed by atoms with E-state index >= 15 is 0 Å². The molecule has 6 heteroatoms. The fraction of sp³-hybridized carbons (Fsp3) is 0.286. The van der Waals surface area contributed by atoms with Crippen molar-refractivity contribution in [1.82, 2.24) is 9.88 Å². The molecule has 0 spiro atoms. The molecule has 1 aliphatic rings. The number of piperidine rings is 1. The van der Waals surface area contributed by atoms with E-state index in [1.54, 1.807) is 35.6 Å². The van der Waals surface area contributed by atoms with Crippen molar-refractivity contribution in [3.63, 3.8) is 0 Å². The van der Waals surface area contributed by atoms with Crippen LogP contribution in [0.2, 0.25) is 0 Å². The number of hydrogen-bond donors (Lipinski definition) is 0. The highest BCUT2D eigenvalue weighted by Gasteiger charge is 2.27. The fourth-order valence-corrected chi connectivity index (χ4v) is 4.50. The van der Waals surface area contributed by atoms with Crippen molar-refractivity contribution in [1.29, 1.82) is 0 Å². The van der Waals surface area contributed by atoms with Crippen LogP contribution in [0.1, 0.15) is 34.1 Å². The Kier molecular flexibility index (Phi) is 5.16. The van der Waals surface area contributed by atoms with Gasteiger partial charge in [0.2, 0.25) is 0 Å². The Labute approximate surface area is 161 Å². The molecule has 0 bridgehead atoms. The standard InChI is InChI=1S/C21H20N2O3S/c24-13-16-6-1-3-9-18(16)26-14-20(25)23-11-5-7-15(12-23)21-22-17-8-2-4-10-19(17)27-21/h1-4,6,8-10,13,15H,5,7,11-12,14H2/t15-/m0/s1. The third-order valence-electron chi connectivity index (χ3n) is 4.83. The van der Waals surface area contributed by atoms with Crippen LogP contribution in [-0.2, 0) is 4.79 Å². The molecule has 1 amide bonds. The fourth-order valence-electron chi connectivity index (χ4n) is 3.41. The van der Waals surface area contributed by atoms with Gasteiger partial charge in [0.15, 0.2) is 12.9 Å². The molecule has 5 nitrogen and oxygen atoms in total. The monoisotopic (exact) mass is 380 g/mol. The number of ether oxygens (including phenoxy) is 1. The third-order valence-corrected chi connectivity index (χ3v) is 6.03. The third kappa shape index (κ3) is 3.85. The molecule has 1 aromatic heterocycles. The lowest BCUT2D eigenvalue weighted by Crippen LogP contribution is -2.41. The molecule has 4 rings (SSSR count). The molecule has 0 saturated carbocycles. The minimum atomic E-state index is -0.0581. The zero-order valence-electron chi connectivity index (χ0n) is 14.8. The summed E-state index contributed by atoms with van der Waals surface area (Å²) in [5.41, 5.74) is 1.48. The Morgan fingerprint density at radius 1 is 1.22 bits per heavy atom. The van der Waals surface area contributed by atoms with Crippen LogP contribution in [0.15, 0.2) is 48.5 Å². The molecule has 0 unspecified atom stereocenters. The Hall–Kier alpha value is -2.73. The van der Waals surface area contributed by atoms with Crippen LogP contribution in [0.4, 0.5) is 0 Å². The van der Waals surface area contributed by atoms with Crippen molar-refractivity contribution in [3.8, 4) is 5.75 Å². The second-order valence-corrected chi connectivity index (χ2v) is 7.71. The molecule has 1 saturated heterocycles. The van der Waals surface area contributed by atoms with Gasteiger partial charge in [0.1, 0.15) is 5.75 Å². The lowest BCUT2D eigenvalue weighted by atomic mass is 9.99. The van der Waals surface area contributed by atoms with Gasteiger partial charge in [0.25, 0.3) is 5.91 Å². The van der Waals surface area contributed by atoms with Gasteiger partial charge in [-0.15, -0.1) is 11.3 Å². The maximum Gasteiger partial charge on any atom is 0.260 e. The minimum absolute atomic E-state index is 0.0542. The van der Waals surface area contributed by atoms with Crippen molar-refractivity contribution in [2.45, 2.75) is 18.8 Å². The normalized spacial score (nSPS) is 17.0. The second-order valence-electron chi connectivity index (χ2n) is 6.64. The van der Waals surface area contributed by atoms with Crippen molar-refractivity contribution in [3.05, 3.63) is 59.1 Å². The van der Waals surface area contributed by atoms with E-state index in [1.807, 2.05) is 23.1 Å². The van der Waals surface area contributed by atoms with E-state index in [1.165, 1.54) is 4.70 Å². The van der Waals surface area contributed by atoms with Crippen LogP contribution >= 0.6 is 11.3 Å². The Balaban J connectivity index is 1.41. The number of rotatable bonds is 5. The number of thiazole rings is 1. The molecule has 2 aromatic carbocycles. The van der Waals surface area contributed by atoms with Gasteiger partial charge in [-0.25, -0.2) is 4.98 Å². The number of amides is 1. The number of benzene rings is 2. The average Bonchev–Trinajstić information content (AvgIpc) is 3.16. The molecule has 0 N–H and O–H groups in total. The van der Waals surface area contributed by atoms with Crippen LogP contribution in [0.5, 0.6) is 5.75 Å². The van der Waals surface area contributed by atoms with E-state index in [0.29, 0.717) is 17.9 Å². The van der Waals surface area contributed by atoms with Gasteiger partial charge in [0, 0.05) is 19.0 Å². The Morgan fingerprint density at radius 2 is 2.04 bits per heavy atom. The van der Waals surface area contributed by atoms with Crippen LogP contribution in [0.25, 0.3) is 10.2 Å². The number of fused-ring (bicyclic) bond motifs is 1. The van der Waals surface area contributed by atoms with Crippen LogP contribution in [0, 0.1) is 0 Å². The number of likely N-dealkylation sites (tertiary alicyclic amines) is 1. The van der Waals surface area contributed by atoms with Crippen molar-refractivity contribution in [2.24, 2.45) is 0 Å². The van der Waals surface area contributed by atoms with E-state index in [-0.39, 0.29) is 18.4 Å². The molecule has 1 atom stereocenters. The highest BCUT2D eigenvalue weighted by Crippen LogP contribution is 2.33. The van der Waals surface area contributed by atoms with E-state index in [0.717, 1.165) is 36.2 Å². The van der Waals surface area contributed by atoms with E-state index in [9.17, 15) is 9.59 Å². The van der Waals surface area contributed by atoms with Crippen molar-refractivity contribution >= 4 is 33.7 Å². The number of para-hydroxylation sites is 2. The first-order valence-electron chi connectivity index (χ1n) is 9.05. The number of aldehydes is 1. The predicted molar refractivity (Wildman–Crippen MR) is 105 cm³/mol. The first-order valence-corrected chi connectivity index (χ1v) is 9.86. The van der Waals surface area contributed by atoms with Gasteiger partial charge in [-0.2, -0.15) is 0 Å². The SMILES string of the molecule is O=Cc1ccccc1OCC(=O)N1CCC[C@H](c2nc3ccccc3s2)C1. The van der Waals surface area contributed by atoms with Crippen LogP contribution < -0.4 is 4.74 Å². The number of carbonyl (C=O) groups excluding carboxylic acids is 2. The highest BCUT2D eigenvalue weighted by molar-refractivity contribution is 7.18. The Bertz CT molecular complexity index is 936. The van der Waals surface area contributed by atoms with Crippen LogP contribution in [-0.4, -0.2) is 41.8 Å². The summed E-state index contributed by atoms with van der Waals surface area (Å²) in [6.07, 6.45) is 2.74. The summed E-state index contributed by atoms with van der Waals surface area (Å²) in [7, 11) is 0. The lowest BCUT2D eigenvalue weighted by Gasteiger charge is -2.31. The number of carbonyl (C=O) groups is 2. The molecule has 138 valence electrons. The summed E-state index contributed by atoms with van der Waals surface area (Å²) in [6.45, 7) is 1.34. The molecule has 2 heterocycles. The predicted octanol–water partition coefficient (Wildman–Crippen LogP) is 3.89. The maximum absolute atomic E-state index is 12.6. The summed E-state index contributed by atoms with van der Waals surface area (Å²) < 4.78 is 6.78. The largest absolute Gasteiger partial charge is 0.483 e. The van der Waals surface area contributed by atoms with Crippen molar-refractivity contribution in [2.75, 3.05) is 19.7 Å². The van der Waals surface area contributed by atoms with Crippen molar-refractivity contribution < 1.29 is 14.3 Å². The molecule has 27 heavy (non-hydrogen) atoms. The summed E-state index contributed by atoms with van der Waals surface area (Å²) in [5.74, 6) is 0.657. The average molecular weight is 380 g/mol. The molecule has 1 fully saturated rings. The molecular weight excluding hydrogens is 360 g/mol. The summed E-state index contributed by atoms with van der Waals surface area (Å²) >= 11 is 1.71. The van der Waals surface area contributed by atoms with E-state index < -0.39 is 0 Å². The summed E-state index contributed by atoms with van der Waals surface area (Å²) in [5, 5.41) is 1.10. The molecular formula is C21H20N2O3S. The summed E-state index contributed by atoms with van der Waals surface area (Å²) in [4.78, 5) is 30.3. The van der Waals surface area contributed by atoms with Gasteiger partial charge in [0.05, 0.1) is 20.8 Å². The molecule has 0 radical (unpaired) electrons. The molecule has 0 aliphatic carbocycles. The van der Waals surface area contributed by atoms with Gasteiger partial charge >= 0.3 is 0 Å². The molecule has 1 aliphatic heterocycles. The van der Waals surface area contributed by atoms with Gasteiger partial charge in [-0.05, 0) is 37.1 Å². The zero-order chi connectivity index (χ0) is 18.6. The van der Waals surface area contributed by atoms with Gasteiger partial charge < -0.3 is 9.64 Å². The van der Waals surface area contributed by atoms with Gasteiger partial charge in [-0.3, -0.25) is 9.59 Å². The maximum atomic E-state index is 12.6. The molecule has 3 aromatic rings. The minimum Gasteiger partial charge on any atom is -0.483 e. The smallest absolute Gasteiger partial charge is 0.260 e. The first-order chi connectivity index (χ1) is 13.2. The number of nitrogens with zero attached hydrogens (tertiary/aromatic N) is 2. The van der Waals surface area contributed by atoms with E-state index in [4.69, 9.17) is 9.72 Å². The number of aromatic nitrogens is 1. The topological polar surface area (TPSA) is 59.5 Å². The quantitative estimate of drug-likeness (QED) is 0.630. The van der Waals surface area contributed by atoms with Crippen LogP contribution in [0.3, 0.4) is 0 Å². The lowest BCUT2D eigenvalue weighted by molar-refractivity contribution is -0.134. The number of hydrogen-bond acceptors (Lipinski definition) is 5. The summed E-state index contributed by atoms with van der Waals surface area (Å²) in [6, 6.07) is 15.1. The first kappa shape index (κ1) is 17.7. The second kappa shape index (κ2) is 7.88. The Morgan fingerprint density at radius 3 is 2.89 bits per heavy atom. The highest BCUT2D eigenvalue weighted by atomic mass is 32.1. The van der Waals surface area contributed by atoms with Gasteiger partial charge in [-0.1, -0.05) is 24.3 Å².